The predicted molar refractivity (Wildman–Crippen MR) is 67.7 cm³/mol. The largest absolute Gasteiger partial charge is 0.480 e. The molecule has 8 nitrogen and oxygen atoms in total. The van der Waals surface area contributed by atoms with Crippen LogP contribution < -0.4 is 5.73 Å². The van der Waals surface area contributed by atoms with Crippen LogP contribution in [-0.4, -0.2) is 51.8 Å². The van der Waals surface area contributed by atoms with Crippen LogP contribution in [0.3, 0.4) is 0 Å². The van der Waals surface area contributed by atoms with Gasteiger partial charge in [0.05, 0.1) is 5.92 Å². The molecule has 4 N–H and O–H groups in total. The van der Waals surface area contributed by atoms with Crippen molar-refractivity contribution in [3.63, 3.8) is 0 Å². The normalized spacial score (nSPS) is 15.1. The molecule has 0 aliphatic heterocycles. The van der Waals surface area contributed by atoms with E-state index in [0.29, 0.717) is 4.90 Å². The molecule has 9 heteroatoms. The van der Waals surface area contributed by atoms with Gasteiger partial charge in [-0.2, -0.15) is 12.6 Å². The van der Waals surface area contributed by atoms with E-state index in [1.165, 1.54) is 0 Å². The molecule has 0 aromatic heterocycles. The highest BCUT2D eigenvalue weighted by Crippen LogP contribution is 2.33. The zero-order valence-electron chi connectivity index (χ0n) is 10.5. The first-order chi connectivity index (χ1) is 8.62. The number of carbonyl (C=O) groups is 4. The van der Waals surface area contributed by atoms with Gasteiger partial charge in [0.15, 0.2) is 5.41 Å². The smallest absolute Gasteiger partial charge is 0.413 e. The van der Waals surface area contributed by atoms with Crippen molar-refractivity contribution >= 4 is 36.5 Å². The lowest BCUT2D eigenvalue weighted by Crippen LogP contribution is -2.54. The number of imide groups is 1. The molecular weight excluding hydrogens is 276 g/mol. The molecule has 0 saturated carbocycles. The summed E-state index contributed by atoms with van der Waals surface area (Å²) >= 11 is 3.85. The topological polar surface area (TPSA) is 138 Å². The van der Waals surface area contributed by atoms with Crippen LogP contribution in [0, 0.1) is 11.3 Å². The standard InChI is InChI=1S/C10H16N2O6S/c1-5(6(13)12(2)9(17)18)10(3-4-19,7(11)14)8(15)16/h5,19H,3-4H2,1-2H3,(H2,11,14)(H,15,16)(H,17,18). The van der Waals surface area contributed by atoms with E-state index in [9.17, 15) is 24.3 Å². The van der Waals surface area contributed by atoms with Crippen LogP contribution in [0.1, 0.15) is 13.3 Å². The number of nitrogens with two attached hydrogens (primary N) is 1. The van der Waals surface area contributed by atoms with Gasteiger partial charge in [0.1, 0.15) is 0 Å². The van der Waals surface area contributed by atoms with Crippen molar-refractivity contribution in [2.45, 2.75) is 13.3 Å². The average Bonchev–Trinajstić information content (AvgIpc) is 2.32. The number of primary amides is 1. The number of thiol groups is 1. The van der Waals surface area contributed by atoms with Crippen molar-refractivity contribution in [3.05, 3.63) is 0 Å². The molecule has 0 aliphatic rings. The van der Waals surface area contributed by atoms with Gasteiger partial charge in [-0.05, 0) is 12.2 Å². The second kappa shape index (κ2) is 6.41. The molecule has 0 fully saturated rings. The third-order valence-corrected chi connectivity index (χ3v) is 3.28. The molecule has 2 unspecified atom stereocenters. The number of carboxylic acid groups (broad SMARTS) is 2. The lowest BCUT2D eigenvalue weighted by molar-refractivity contribution is -0.163. The highest BCUT2D eigenvalue weighted by molar-refractivity contribution is 7.80. The van der Waals surface area contributed by atoms with Crippen LogP contribution in [0.5, 0.6) is 0 Å². The van der Waals surface area contributed by atoms with Crippen molar-refractivity contribution in [2.24, 2.45) is 17.1 Å². The molecule has 0 saturated heterocycles. The zero-order valence-corrected chi connectivity index (χ0v) is 11.4. The molecule has 0 bridgehead atoms. The highest BCUT2D eigenvalue weighted by Gasteiger charge is 2.52. The van der Waals surface area contributed by atoms with Crippen LogP contribution in [0.25, 0.3) is 0 Å². The fourth-order valence-electron chi connectivity index (χ4n) is 1.72. The van der Waals surface area contributed by atoms with Gasteiger partial charge in [0.25, 0.3) is 0 Å². The molecule has 2 atom stereocenters. The van der Waals surface area contributed by atoms with Crippen molar-refractivity contribution in [2.75, 3.05) is 12.8 Å². The van der Waals surface area contributed by atoms with Gasteiger partial charge < -0.3 is 15.9 Å². The van der Waals surface area contributed by atoms with Crippen LogP contribution >= 0.6 is 12.6 Å². The summed E-state index contributed by atoms with van der Waals surface area (Å²) in [4.78, 5) is 45.7. The zero-order chi connectivity index (χ0) is 15.4. The summed E-state index contributed by atoms with van der Waals surface area (Å²) in [5.41, 5.74) is 2.92. The van der Waals surface area contributed by atoms with Crippen molar-refractivity contribution in [1.82, 2.24) is 4.90 Å². The number of carbonyl (C=O) groups excluding carboxylic acids is 2. The number of nitrogens with zero attached hydrogens (tertiary/aromatic N) is 1. The molecule has 0 aromatic rings. The maximum atomic E-state index is 11.9. The van der Waals surface area contributed by atoms with E-state index in [0.717, 1.165) is 14.0 Å². The number of hydrogen-bond acceptors (Lipinski definition) is 5. The fraction of sp³-hybridized carbons (Fsp3) is 0.600. The minimum atomic E-state index is -2.18. The van der Waals surface area contributed by atoms with E-state index < -0.39 is 35.2 Å². The average molecular weight is 292 g/mol. The predicted octanol–water partition coefficient (Wildman–Crippen LogP) is -0.365. The quantitative estimate of drug-likeness (QED) is 0.389. The first-order valence-corrected chi connectivity index (χ1v) is 5.90. The SMILES string of the molecule is CC(C(=O)N(C)C(=O)O)C(CCS)(C(N)=O)C(=O)O. The van der Waals surface area contributed by atoms with E-state index in [4.69, 9.17) is 10.8 Å². The van der Waals surface area contributed by atoms with Gasteiger partial charge in [0.2, 0.25) is 11.8 Å². The molecule has 0 aromatic carbocycles. The van der Waals surface area contributed by atoms with Crippen molar-refractivity contribution in [1.29, 1.82) is 0 Å². The van der Waals surface area contributed by atoms with E-state index in [1.807, 2.05) is 0 Å². The first-order valence-electron chi connectivity index (χ1n) is 5.27. The Bertz CT molecular complexity index is 397. The van der Waals surface area contributed by atoms with Gasteiger partial charge in [-0.15, -0.1) is 0 Å². The maximum absolute atomic E-state index is 11.9. The molecule has 3 amide bonds. The molecule has 0 rings (SSSR count). The molecular formula is C10H16N2O6S. The Balaban J connectivity index is 5.62. The summed E-state index contributed by atoms with van der Waals surface area (Å²) in [7, 11) is 0.968. The van der Waals surface area contributed by atoms with Crippen LogP contribution in [-0.2, 0) is 14.4 Å². The van der Waals surface area contributed by atoms with Gasteiger partial charge in [0, 0.05) is 7.05 Å². The number of aliphatic carboxylic acids is 1. The van der Waals surface area contributed by atoms with Gasteiger partial charge in [-0.1, -0.05) is 6.92 Å². The maximum Gasteiger partial charge on any atom is 0.413 e. The number of rotatable bonds is 6. The lowest BCUT2D eigenvalue weighted by Gasteiger charge is -2.32. The Morgan fingerprint density at radius 2 is 1.79 bits per heavy atom. The molecule has 0 aliphatic carbocycles. The third kappa shape index (κ3) is 3.16. The number of amides is 3. The van der Waals surface area contributed by atoms with E-state index in [1.54, 1.807) is 0 Å². The summed E-state index contributed by atoms with van der Waals surface area (Å²) in [6, 6.07) is 0. The monoisotopic (exact) mass is 292 g/mol. The lowest BCUT2D eigenvalue weighted by atomic mass is 9.72. The summed E-state index contributed by atoms with van der Waals surface area (Å²) in [6.07, 6.45) is -1.83. The first kappa shape index (κ1) is 17.2. The van der Waals surface area contributed by atoms with E-state index >= 15 is 0 Å². The Kier molecular flexibility index (Phi) is 5.81. The molecule has 19 heavy (non-hydrogen) atoms. The van der Waals surface area contributed by atoms with Crippen LogP contribution in [0.4, 0.5) is 4.79 Å². The van der Waals surface area contributed by atoms with Crippen molar-refractivity contribution < 1.29 is 29.4 Å². The summed E-state index contributed by atoms with van der Waals surface area (Å²) in [5, 5.41) is 17.9. The highest BCUT2D eigenvalue weighted by atomic mass is 32.1. The van der Waals surface area contributed by atoms with E-state index in [2.05, 4.69) is 12.6 Å². The molecule has 0 heterocycles. The second-order valence-electron chi connectivity index (χ2n) is 4.02. The molecule has 0 radical (unpaired) electrons. The fourth-order valence-corrected chi connectivity index (χ4v) is 2.08. The van der Waals surface area contributed by atoms with E-state index in [-0.39, 0.29) is 12.2 Å². The Labute approximate surface area is 115 Å². The Morgan fingerprint density at radius 1 is 1.32 bits per heavy atom. The summed E-state index contributed by atoms with van der Waals surface area (Å²) in [6.45, 7) is 1.16. The third-order valence-electron chi connectivity index (χ3n) is 3.05. The van der Waals surface area contributed by atoms with Gasteiger partial charge >= 0.3 is 12.1 Å². The molecule has 108 valence electrons. The number of hydrogen-bond donors (Lipinski definition) is 4. The van der Waals surface area contributed by atoms with Crippen molar-refractivity contribution in [3.8, 4) is 0 Å². The van der Waals surface area contributed by atoms with Crippen LogP contribution in [0.15, 0.2) is 0 Å². The Morgan fingerprint density at radius 3 is 2.05 bits per heavy atom. The summed E-state index contributed by atoms with van der Waals surface area (Å²) in [5.74, 6) is -5.21. The minimum absolute atomic E-state index is 0.00362. The summed E-state index contributed by atoms with van der Waals surface area (Å²) < 4.78 is 0. The minimum Gasteiger partial charge on any atom is -0.480 e. The van der Waals surface area contributed by atoms with Crippen LogP contribution in [0.2, 0.25) is 0 Å². The number of carboxylic acids is 1. The van der Waals surface area contributed by atoms with Gasteiger partial charge in [-0.3, -0.25) is 19.3 Å². The molecule has 0 spiro atoms. The Hall–Kier alpha value is -1.77. The second-order valence-corrected chi connectivity index (χ2v) is 4.46. The van der Waals surface area contributed by atoms with Gasteiger partial charge in [-0.25, -0.2) is 4.79 Å².